The van der Waals surface area contributed by atoms with Gasteiger partial charge in [0.05, 0.1) is 0 Å². The first kappa shape index (κ1) is 9.61. The highest BCUT2D eigenvalue weighted by Crippen LogP contribution is 2.47. The standard InChI is InChI=1S/C13H14S2/c1-2-6-13(5-1,11-3-7-14-9-11)12-4-8-15-10-12/h3-4,7-10H,1-2,5-6H2. The van der Waals surface area contributed by atoms with Crippen LogP contribution in [0.25, 0.3) is 0 Å². The molecule has 1 fully saturated rings. The van der Waals surface area contributed by atoms with Crippen molar-refractivity contribution in [1.82, 2.24) is 0 Å². The van der Waals surface area contributed by atoms with Crippen molar-refractivity contribution in [1.29, 1.82) is 0 Å². The van der Waals surface area contributed by atoms with Gasteiger partial charge in [-0.3, -0.25) is 0 Å². The minimum Gasteiger partial charge on any atom is -0.152 e. The molecule has 0 atom stereocenters. The maximum absolute atomic E-state index is 2.34. The summed E-state index contributed by atoms with van der Waals surface area (Å²) in [5, 5.41) is 9.09. The van der Waals surface area contributed by atoms with Gasteiger partial charge in [0, 0.05) is 5.41 Å². The van der Waals surface area contributed by atoms with Crippen LogP contribution in [0.15, 0.2) is 33.7 Å². The molecule has 78 valence electrons. The molecule has 1 aliphatic carbocycles. The molecule has 0 amide bonds. The summed E-state index contributed by atoms with van der Waals surface area (Å²) in [5.41, 5.74) is 3.45. The smallest absolute Gasteiger partial charge is 0.0219 e. The molecule has 0 radical (unpaired) electrons. The second-order valence-electron chi connectivity index (χ2n) is 4.31. The van der Waals surface area contributed by atoms with E-state index in [0.29, 0.717) is 5.41 Å². The average Bonchev–Trinajstić information content (AvgIpc) is 3.02. The summed E-state index contributed by atoms with van der Waals surface area (Å²) in [6, 6.07) is 4.63. The van der Waals surface area contributed by atoms with E-state index in [4.69, 9.17) is 0 Å². The third-order valence-electron chi connectivity index (χ3n) is 3.60. The van der Waals surface area contributed by atoms with Crippen LogP contribution in [0.4, 0.5) is 0 Å². The Morgan fingerprint density at radius 1 is 0.867 bits per heavy atom. The quantitative estimate of drug-likeness (QED) is 0.708. The molecule has 0 saturated heterocycles. The SMILES string of the molecule is c1cc(C2(c3ccsc3)CCCC2)cs1. The number of hydrogen-bond acceptors (Lipinski definition) is 2. The Bertz CT molecular complexity index is 369. The molecule has 0 spiro atoms. The van der Waals surface area contributed by atoms with Crippen molar-refractivity contribution >= 4 is 22.7 Å². The van der Waals surface area contributed by atoms with Gasteiger partial charge in [-0.1, -0.05) is 12.8 Å². The van der Waals surface area contributed by atoms with Crippen LogP contribution in [0.5, 0.6) is 0 Å². The zero-order valence-electron chi connectivity index (χ0n) is 8.61. The molecule has 3 rings (SSSR count). The van der Waals surface area contributed by atoms with E-state index in [1.165, 1.54) is 25.7 Å². The normalized spacial score (nSPS) is 19.5. The summed E-state index contributed by atoms with van der Waals surface area (Å²) in [7, 11) is 0. The summed E-state index contributed by atoms with van der Waals surface area (Å²) in [4.78, 5) is 0. The monoisotopic (exact) mass is 234 g/mol. The molecule has 15 heavy (non-hydrogen) atoms. The minimum absolute atomic E-state index is 0.361. The lowest BCUT2D eigenvalue weighted by Gasteiger charge is -2.27. The summed E-state index contributed by atoms with van der Waals surface area (Å²) in [6.45, 7) is 0. The van der Waals surface area contributed by atoms with Gasteiger partial charge >= 0.3 is 0 Å². The van der Waals surface area contributed by atoms with Gasteiger partial charge in [0.25, 0.3) is 0 Å². The lowest BCUT2D eigenvalue weighted by molar-refractivity contribution is 0.539. The fourth-order valence-electron chi connectivity index (χ4n) is 2.80. The molecular weight excluding hydrogens is 220 g/mol. The van der Waals surface area contributed by atoms with Crippen molar-refractivity contribution in [2.45, 2.75) is 31.1 Å². The molecule has 2 heteroatoms. The van der Waals surface area contributed by atoms with Crippen molar-refractivity contribution in [2.75, 3.05) is 0 Å². The lowest BCUT2D eigenvalue weighted by atomic mass is 9.75. The Hall–Kier alpha value is -0.600. The van der Waals surface area contributed by atoms with Crippen LogP contribution in [-0.2, 0) is 5.41 Å². The lowest BCUT2D eigenvalue weighted by Crippen LogP contribution is -2.21. The average molecular weight is 234 g/mol. The first-order valence-corrected chi connectivity index (χ1v) is 7.36. The fraction of sp³-hybridized carbons (Fsp3) is 0.385. The minimum atomic E-state index is 0.361. The van der Waals surface area contributed by atoms with Crippen molar-refractivity contribution in [3.8, 4) is 0 Å². The zero-order valence-corrected chi connectivity index (χ0v) is 10.2. The summed E-state index contributed by atoms with van der Waals surface area (Å²) < 4.78 is 0. The molecule has 2 heterocycles. The van der Waals surface area contributed by atoms with Gasteiger partial charge in [0.2, 0.25) is 0 Å². The molecule has 0 bridgehead atoms. The second-order valence-corrected chi connectivity index (χ2v) is 5.87. The largest absolute Gasteiger partial charge is 0.152 e. The molecule has 2 aromatic heterocycles. The Morgan fingerprint density at radius 3 is 1.80 bits per heavy atom. The predicted octanol–water partition coefficient (Wildman–Crippen LogP) is 4.67. The Labute approximate surface area is 98.6 Å². The predicted molar refractivity (Wildman–Crippen MR) is 67.9 cm³/mol. The van der Waals surface area contributed by atoms with Crippen LogP contribution in [0, 0.1) is 0 Å². The van der Waals surface area contributed by atoms with Crippen LogP contribution in [0.2, 0.25) is 0 Å². The number of rotatable bonds is 2. The first-order chi connectivity index (χ1) is 7.42. The molecule has 1 saturated carbocycles. The summed E-state index contributed by atoms with van der Waals surface area (Å²) in [5.74, 6) is 0. The molecule has 2 aromatic rings. The van der Waals surface area contributed by atoms with E-state index in [0.717, 1.165) is 0 Å². The molecule has 0 aliphatic heterocycles. The Morgan fingerprint density at radius 2 is 1.40 bits per heavy atom. The molecular formula is C13H14S2. The summed E-state index contributed by atoms with van der Waals surface area (Å²) in [6.07, 6.45) is 5.43. The van der Waals surface area contributed by atoms with E-state index in [9.17, 15) is 0 Å². The maximum atomic E-state index is 2.34. The topological polar surface area (TPSA) is 0 Å². The van der Waals surface area contributed by atoms with Crippen molar-refractivity contribution < 1.29 is 0 Å². The molecule has 0 aromatic carbocycles. The third kappa shape index (κ3) is 1.47. The van der Waals surface area contributed by atoms with Gasteiger partial charge in [-0.15, -0.1) is 0 Å². The molecule has 0 unspecified atom stereocenters. The van der Waals surface area contributed by atoms with E-state index in [2.05, 4.69) is 33.7 Å². The highest BCUT2D eigenvalue weighted by Gasteiger charge is 2.37. The Kier molecular flexibility index (Phi) is 2.41. The van der Waals surface area contributed by atoms with Crippen LogP contribution < -0.4 is 0 Å². The van der Waals surface area contributed by atoms with E-state index in [1.54, 1.807) is 11.1 Å². The van der Waals surface area contributed by atoms with Crippen molar-refractivity contribution in [3.05, 3.63) is 44.8 Å². The molecule has 0 nitrogen and oxygen atoms in total. The zero-order chi connectivity index (χ0) is 10.1. The van der Waals surface area contributed by atoms with Gasteiger partial charge in [-0.2, -0.15) is 22.7 Å². The molecule has 1 aliphatic rings. The highest BCUT2D eigenvalue weighted by atomic mass is 32.1. The van der Waals surface area contributed by atoms with Crippen molar-refractivity contribution in [3.63, 3.8) is 0 Å². The maximum Gasteiger partial charge on any atom is 0.0219 e. The van der Waals surface area contributed by atoms with Gasteiger partial charge in [0.15, 0.2) is 0 Å². The van der Waals surface area contributed by atoms with Gasteiger partial charge < -0.3 is 0 Å². The van der Waals surface area contributed by atoms with Crippen LogP contribution in [0.1, 0.15) is 36.8 Å². The third-order valence-corrected chi connectivity index (χ3v) is 4.97. The van der Waals surface area contributed by atoms with E-state index in [1.807, 2.05) is 22.7 Å². The van der Waals surface area contributed by atoms with Gasteiger partial charge in [-0.25, -0.2) is 0 Å². The molecule has 0 N–H and O–H groups in total. The van der Waals surface area contributed by atoms with E-state index in [-0.39, 0.29) is 0 Å². The first-order valence-electron chi connectivity index (χ1n) is 5.47. The second kappa shape index (κ2) is 3.76. The van der Waals surface area contributed by atoms with Crippen molar-refractivity contribution in [2.24, 2.45) is 0 Å². The fourth-order valence-corrected chi connectivity index (χ4v) is 4.31. The van der Waals surface area contributed by atoms with Gasteiger partial charge in [0.1, 0.15) is 0 Å². The number of thiophene rings is 2. The van der Waals surface area contributed by atoms with Crippen LogP contribution in [0.3, 0.4) is 0 Å². The Balaban J connectivity index is 2.10. The van der Waals surface area contributed by atoms with Crippen LogP contribution in [-0.4, -0.2) is 0 Å². The van der Waals surface area contributed by atoms with Gasteiger partial charge in [-0.05, 0) is 57.6 Å². The summed E-state index contributed by atoms with van der Waals surface area (Å²) >= 11 is 3.65. The number of hydrogen-bond donors (Lipinski definition) is 0. The highest BCUT2D eigenvalue weighted by molar-refractivity contribution is 7.08. The van der Waals surface area contributed by atoms with E-state index < -0.39 is 0 Å². The van der Waals surface area contributed by atoms with Crippen LogP contribution >= 0.6 is 22.7 Å². The van der Waals surface area contributed by atoms with E-state index >= 15 is 0 Å².